The van der Waals surface area contributed by atoms with E-state index < -0.39 is 6.10 Å². The molecular weight excluding hydrogens is 793 g/mol. The molecule has 1 atom stereocenters. The molecule has 0 spiro atoms. The molecule has 0 unspecified atom stereocenters. The standard InChI is InChI=1S/C58H108O6/c1-4-7-10-13-16-19-22-25-27-28-29-30-31-34-36-39-42-45-48-51-57(60)63-54-55(53-62-56(59)50-47-44-41-38-35-32-24-21-18-15-12-9-6-3)64-58(61)52-49-46-43-40-37-33-26-23-20-17-14-11-8-5-2/h21,24,28-29,55H,4-20,22-23,25-27,30-54H2,1-3H3/b24-21-,29-28-/t55-/m1/s1. The highest BCUT2D eigenvalue weighted by atomic mass is 16.6. The highest BCUT2D eigenvalue weighted by molar-refractivity contribution is 5.71. The molecule has 0 bridgehead atoms. The van der Waals surface area contributed by atoms with Crippen LogP contribution >= 0.6 is 0 Å². The van der Waals surface area contributed by atoms with Crippen LogP contribution in [0.2, 0.25) is 0 Å². The predicted molar refractivity (Wildman–Crippen MR) is 275 cm³/mol. The molecule has 6 heteroatoms. The number of allylic oxidation sites excluding steroid dienone is 4. The molecule has 0 saturated heterocycles. The molecular formula is C58H108O6. The van der Waals surface area contributed by atoms with Crippen molar-refractivity contribution in [1.82, 2.24) is 0 Å². The van der Waals surface area contributed by atoms with Crippen molar-refractivity contribution in [2.45, 2.75) is 316 Å². The van der Waals surface area contributed by atoms with Gasteiger partial charge in [0.25, 0.3) is 0 Å². The number of rotatable bonds is 52. The Kier molecular flexibility index (Phi) is 51.7. The lowest BCUT2D eigenvalue weighted by Gasteiger charge is -2.18. The molecule has 64 heavy (non-hydrogen) atoms. The topological polar surface area (TPSA) is 78.9 Å². The minimum absolute atomic E-state index is 0.0721. The van der Waals surface area contributed by atoms with E-state index in [0.717, 1.165) is 64.2 Å². The summed E-state index contributed by atoms with van der Waals surface area (Å²) in [7, 11) is 0. The van der Waals surface area contributed by atoms with Gasteiger partial charge in [-0.2, -0.15) is 0 Å². The maximum atomic E-state index is 12.8. The molecule has 0 N–H and O–H groups in total. The second-order valence-electron chi connectivity index (χ2n) is 19.2. The van der Waals surface area contributed by atoms with E-state index in [1.807, 2.05) is 0 Å². The first-order valence-electron chi connectivity index (χ1n) is 28.3. The van der Waals surface area contributed by atoms with Gasteiger partial charge >= 0.3 is 17.9 Å². The lowest BCUT2D eigenvalue weighted by Crippen LogP contribution is -2.30. The van der Waals surface area contributed by atoms with Crippen LogP contribution in [0.4, 0.5) is 0 Å². The highest BCUT2D eigenvalue weighted by Crippen LogP contribution is 2.16. The summed E-state index contributed by atoms with van der Waals surface area (Å²) >= 11 is 0. The molecule has 0 heterocycles. The Bertz CT molecular complexity index is 1040. The fourth-order valence-electron chi connectivity index (χ4n) is 8.37. The summed E-state index contributed by atoms with van der Waals surface area (Å²) < 4.78 is 16.8. The average Bonchev–Trinajstić information content (AvgIpc) is 3.29. The summed E-state index contributed by atoms with van der Waals surface area (Å²) in [5, 5.41) is 0. The maximum absolute atomic E-state index is 12.8. The number of carbonyl (C=O) groups excluding carboxylic acids is 3. The van der Waals surface area contributed by atoms with E-state index in [9.17, 15) is 14.4 Å². The van der Waals surface area contributed by atoms with Gasteiger partial charge in [0, 0.05) is 19.3 Å². The molecule has 0 amide bonds. The van der Waals surface area contributed by atoms with Gasteiger partial charge in [0.05, 0.1) is 0 Å². The highest BCUT2D eigenvalue weighted by Gasteiger charge is 2.19. The number of carbonyl (C=O) groups is 3. The van der Waals surface area contributed by atoms with Gasteiger partial charge in [-0.3, -0.25) is 14.4 Å². The van der Waals surface area contributed by atoms with Crippen LogP contribution in [0.3, 0.4) is 0 Å². The third-order valence-electron chi connectivity index (χ3n) is 12.7. The Morgan fingerprint density at radius 1 is 0.297 bits per heavy atom. The number of unbranched alkanes of at least 4 members (excludes halogenated alkanes) is 37. The third kappa shape index (κ3) is 50.9. The van der Waals surface area contributed by atoms with Crippen molar-refractivity contribution in [1.29, 1.82) is 0 Å². The number of ether oxygens (including phenoxy) is 3. The van der Waals surface area contributed by atoms with Crippen LogP contribution in [0.5, 0.6) is 0 Å². The molecule has 0 aromatic heterocycles. The molecule has 0 radical (unpaired) electrons. The Morgan fingerprint density at radius 2 is 0.516 bits per heavy atom. The van der Waals surface area contributed by atoms with Crippen molar-refractivity contribution in [2.75, 3.05) is 13.2 Å². The monoisotopic (exact) mass is 901 g/mol. The lowest BCUT2D eigenvalue weighted by atomic mass is 10.0. The first-order valence-corrected chi connectivity index (χ1v) is 28.3. The van der Waals surface area contributed by atoms with Crippen molar-refractivity contribution >= 4 is 17.9 Å². The van der Waals surface area contributed by atoms with E-state index in [1.165, 1.54) is 205 Å². The van der Waals surface area contributed by atoms with Gasteiger partial charge in [-0.15, -0.1) is 0 Å². The largest absolute Gasteiger partial charge is 0.462 e. The van der Waals surface area contributed by atoms with Crippen molar-refractivity contribution < 1.29 is 28.6 Å². The van der Waals surface area contributed by atoms with Gasteiger partial charge < -0.3 is 14.2 Å². The van der Waals surface area contributed by atoms with E-state index >= 15 is 0 Å². The molecule has 0 aliphatic rings. The SMILES string of the molecule is CCCCCC/C=C\CCCCCCCC(=O)OC[C@H](COC(=O)CCCCCCCCC/C=C\CCCCCCCCCC)OC(=O)CCCCCCCCCCCCCCCC. The Hall–Kier alpha value is -2.11. The Balaban J connectivity index is 4.32. The van der Waals surface area contributed by atoms with Gasteiger partial charge in [-0.25, -0.2) is 0 Å². The molecule has 6 nitrogen and oxygen atoms in total. The minimum atomic E-state index is -0.772. The molecule has 0 rings (SSSR count). The Morgan fingerprint density at radius 3 is 0.797 bits per heavy atom. The fourth-order valence-corrected chi connectivity index (χ4v) is 8.37. The van der Waals surface area contributed by atoms with Crippen LogP contribution < -0.4 is 0 Å². The second-order valence-corrected chi connectivity index (χ2v) is 19.2. The number of hydrogen-bond acceptors (Lipinski definition) is 6. The van der Waals surface area contributed by atoms with Crippen LogP contribution in [-0.2, 0) is 28.6 Å². The molecule has 0 fully saturated rings. The first-order chi connectivity index (χ1) is 31.5. The number of esters is 3. The fraction of sp³-hybridized carbons (Fsp3) is 0.879. The Labute approximate surface area is 398 Å². The zero-order valence-electron chi connectivity index (χ0n) is 43.1. The summed E-state index contributed by atoms with van der Waals surface area (Å²) in [5.41, 5.74) is 0. The second kappa shape index (κ2) is 53.5. The van der Waals surface area contributed by atoms with Gasteiger partial charge in [-0.05, 0) is 70.6 Å². The molecule has 376 valence electrons. The molecule has 0 aromatic carbocycles. The summed E-state index contributed by atoms with van der Waals surface area (Å²) in [4.78, 5) is 38.1. The zero-order chi connectivity index (χ0) is 46.5. The summed E-state index contributed by atoms with van der Waals surface area (Å²) in [6, 6.07) is 0. The van der Waals surface area contributed by atoms with E-state index in [1.54, 1.807) is 0 Å². The molecule has 0 aliphatic carbocycles. The smallest absolute Gasteiger partial charge is 0.306 e. The van der Waals surface area contributed by atoms with Gasteiger partial charge in [0.2, 0.25) is 0 Å². The molecule has 0 aromatic rings. The van der Waals surface area contributed by atoms with Crippen LogP contribution in [-0.4, -0.2) is 37.2 Å². The van der Waals surface area contributed by atoms with E-state index in [4.69, 9.17) is 14.2 Å². The zero-order valence-corrected chi connectivity index (χ0v) is 43.1. The van der Waals surface area contributed by atoms with Gasteiger partial charge in [0.15, 0.2) is 6.10 Å². The van der Waals surface area contributed by atoms with E-state index in [-0.39, 0.29) is 31.1 Å². The summed E-state index contributed by atoms with van der Waals surface area (Å²) in [6.45, 7) is 6.65. The van der Waals surface area contributed by atoms with Crippen LogP contribution in [0.15, 0.2) is 24.3 Å². The average molecular weight is 901 g/mol. The normalized spacial score (nSPS) is 12.1. The first kappa shape index (κ1) is 61.9. The van der Waals surface area contributed by atoms with Crippen LogP contribution in [0, 0.1) is 0 Å². The van der Waals surface area contributed by atoms with Crippen molar-refractivity contribution in [3.63, 3.8) is 0 Å². The molecule has 0 aliphatic heterocycles. The summed E-state index contributed by atoms with van der Waals surface area (Å²) in [6.07, 6.45) is 61.6. The van der Waals surface area contributed by atoms with Crippen molar-refractivity contribution in [2.24, 2.45) is 0 Å². The quantitative estimate of drug-likeness (QED) is 0.0262. The third-order valence-corrected chi connectivity index (χ3v) is 12.7. The number of hydrogen-bond donors (Lipinski definition) is 0. The van der Waals surface area contributed by atoms with E-state index in [2.05, 4.69) is 45.1 Å². The maximum Gasteiger partial charge on any atom is 0.306 e. The van der Waals surface area contributed by atoms with Crippen LogP contribution in [0.1, 0.15) is 310 Å². The van der Waals surface area contributed by atoms with Crippen molar-refractivity contribution in [3.05, 3.63) is 24.3 Å². The van der Waals surface area contributed by atoms with Gasteiger partial charge in [-0.1, -0.05) is 244 Å². The van der Waals surface area contributed by atoms with E-state index in [0.29, 0.717) is 19.3 Å². The van der Waals surface area contributed by atoms with Crippen LogP contribution in [0.25, 0.3) is 0 Å². The molecule has 0 saturated carbocycles. The van der Waals surface area contributed by atoms with Gasteiger partial charge in [0.1, 0.15) is 13.2 Å². The lowest BCUT2D eigenvalue weighted by molar-refractivity contribution is -0.167. The van der Waals surface area contributed by atoms with Crippen molar-refractivity contribution in [3.8, 4) is 0 Å². The predicted octanol–water partition coefficient (Wildman–Crippen LogP) is 18.7. The summed E-state index contributed by atoms with van der Waals surface area (Å²) in [5.74, 6) is -0.867. The minimum Gasteiger partial charge on any atom is -0.462 e.